The summed E-state index contributed by atoms with van der Waals surface area (Å²) >= 11 is 0. The summed E-state index contributed by atoms with van der Waals surface area (Å²) in [6, 6.07) is 9.70. The topological polar surface area (TPSA) is 58.5 Å². The lowest BCUT2D eigenvalue weighted by molar-refractivity contribution is 0.0284. The number of morpholine rings is 1. The van der Waals surface area contributed by atoms with Crippen LogP contribution in [-0.4, -0.2) is 42.1 Å². The van der Waals surface area contributed by atoms with Crippen molar-refractivity contribution >= 4 is 27.9 Å². The van der Waals surface area contributed by atoms with Crippen LogP contribution in [0.3, 0.4) is 0 Å². The van der Waals surface area contributed by atoms with Crippen LogP contribution in [-0.2, 0) is 4.74 Å². The van der Waals surface area contributed by atoms with E-state index in [2.05, 4.69) is 4.98 Å². The summed E-state index contributed by atoms with van der Waals surface area (Å²) in [5.74, 6) is 0.320. The maximum Gasteiger partial charge on any atom is 0.289 e. The van der Waals surface area contributed by atoms with Crippen molar-refractivity contribution in [1.82, 2.24) is 9.88 Å². The van der Waals surface area contributed by atoms with E-state index < -0.39 is 0 Å². The largest absolute Gasteiger partial charge is 0.449 e. The third kappa shape index (κ3) is 1.71. The number of fused-ring (bicyclic) bond motifs is 3. The van der Waals surface area contributed by atoms with Gasteiger partial charge >= 0.3 is 0 Å². The van der Waals surface area contributed by atoms with Crippen LogP contribution in [0.25, 0.3) is 22.0 Å². The van der Waals surface area contributed by atoms with Crippen molar-refractivity contribution < 1.29 is 13.9 Å². The maximum atomic E-state index is 12.4. The van der Waals surface area contributed by atoms with Gasteiger partial charge in [0.15, 0.2) is 11.3 Å². The van der Waals surface area contributed by atoms with Crippen LogP contribution in [0, 0.1) is 0 Å². The van der Waals surface area contributed by atoms with Gasteiger partial charge in [0.2, 0.25) is 0 Å². The van der Waals surface area contributed by atoms with Crippen LogP contribution >= 0.6 is 0 Å². The molecule has 2 aromatic heterocycles. The van der Waals surface area contributed by atoms with E-state index in [1.165, 1.54) is 0 Å². The molecule has 1 N–H and O–H groups in total. The average molecular weight is 270 g/mol. The number of carbonyl (C=O) groups is 1. The van der Waals surface area contributed by atoms with Gasteiger partial charge in [-0.2, -0.15) is 0 Å². The van der Waals surface area contributed by atoms with E-state index in [4.69, 9.17) is 9.15 Å². The molecule has 3 aromatic rings. The molecule has 3 heterocycles. The number of amides is 1. The predicted molar refractivity (Wildman–Crippen MR) is 74.8 cm³/mol. The normalized spacial score (nSPS) is 16.1. The first-order valence-electron chi connectivity index (χ1n) is 6.70. The minimum absolute atomic E-state index is 0.0676. The number of ether oxygens (including phenoxy) is 1. The molecule has 1 aromatic carbocycles. The first kappa shape index (κ1) is 11.5. The van der Waals surface area contributed by atoms with Gasteiger partial charge in [0.25, 0.3) is 5.91 Å². The Kier molecular flexibility index (Phi) is 2.53. The second-order valence-corrected chi connectivity index (χ2v) is 4.93. The number of benzene rings is 1. The minimum Gasteiger partial charge on any atom is -0.449 e. The zero-order valence-corrected chi connectivity index (χ0v) is 10.9. The zero-order chi connectivity index (χ0) is 13.5. The van der Waals surface area contributed by atoms with Crippen molar-refractivity contribution in [3.05, 3.63) is 36.1 Å². The first-order valence-corrected chi connectivity index (χ1v) is 6.70. The van der Waals surface area contributed by atoms with Gasteiger partial charge < -0.3 is 19.0 Å². The lowest BCUT2D eigenvalue weighted by Crippen LogP contribution is -2.40. The zero-order valence-electron chi connectivity index (χ0n) is 10.9. The standard InChI is InChI=1S/C15H14N2O3/c18-15(17-5-7-19-8-6-17)13-9-12-14(20-13)10-3-1-2-4-11(10)16-12/h1-4,9,16H,5-8H2. The van der Waals surface area contributed by atoms with Crippen molar-refractivity contribution in [2.45, 2.75) is 0 Å². The van der Waals surface area contributed by atoms with Gasteiger partial charge in [-0.3, -0.25) is 4.79 Å². The summed E-state index contributed by atoms with van der Waals surface area (Å²) in [4.78, 5) is 17.4. The van der Waals surface area contributed by atoms with Gasteiger partial charge in [-0.1, -0.05) is 12.1 Å². The maximum absolute atomic E-state index is 12.4. The van der Waals surface area contributed by atoms with E-state index in [0.717, 1.165) is 22.0 Å². The number of hydrogen-bond acceptors (Lipinski definition) is 3. The van der Waals surface area contributed by atoms with E-state index in [0.29, 0.717) is 32.1 Å². The predicted octanol–water partition coefficient (Wildman–Crippen LogP) is 2.39. The molecule has 0 radical (unpaired) electrons. The van der Waals surface area contributed by atoms with Crippen LogP contribution in [0.2, 0.25) is 0 Å². The monoisotopic (exact) mass is 270 g/mol. The second kappa shape index (κ2) is 4.38. The average Bonchev–Trinajstić information content (AvgIpc) is 3.05. The molecular formula is C15H14N2O3. The molecule has 102 valence electrons. The van der Waals surface area contributed by atoms with E-state index in [9.17, 15) is 4.79 Å². The SMILES string of the molecule is O=C(c1cc2[nH]c3ccccc3c2o1)N1CCOCC1. The van der Waals surface area contributed by atoms with Crippen LogP contribution < -0.4 is 0 Å². The fraction of sp³-hybridized carbons (Fsp3) is 0.267. The minimum atomic E-state index is -0.0676. The molecule has 0 aliphatic carbocycles. The quantitative estimate of drug-likeness (QED) is 0.738. The molecule has 1 aliphatic heterocycles. The summed E-state index contributed by atoms with van der Waals surface area (Å²) in [7, 11) is 0. The number of para-hydroxylation sites is 1. The number of hydrogen-bond donors (Lipinski definition) is 1. The number of rotatable bonds is 1. The number of furan rings is 1. The summed E-state index contributed by atoms with van der Waals surface area (Å²) in [6.45, 7) is 2.42. The van der Waals surface area contributed by atoms with Crippen molar-refractivity contribution in [3.8, 4) is 0 Å². The Bertz CT molecular complexity index is 781. The molecule has 0 spiro atoms. The number of nitrogens with zero attached hydrogens (tertiary/aromatic N) is 1. The Morgan fingerprint density at radius 2 is 1.95 bits per heavy atom. The molecule has 1 amide bonds. The summed E-state index contributed by atoms with van der Waals surface area (Å²) in [5.41, 5.74) is 2.63. The van der Waals surface area contributed by atoms with Crippen molar-refractivity contribution in [2.75, 3.05) is 26.3 Å². The Morgan fingerprint density at radius 1 is 1.15 bits per heavy atom. The summed E-state index contributed by atoms with van der Waals surface area (Å²) < 4.78 is 11.0. The highest BCUT2D eigenvalue weighted by atomic mass is 16.5. The number of H-pyrrole nitrogens is 1. The Hall–Kier alpha value is -2.27. The van der Waals surface area contributed by atoms with Crippen LogP contribution in [0.1, 0.15) is 10.6 Å². The molecule has 20 heavy (non-hydrogen) atoms. The van der Waals surface area contributed by atoms with Crippen LogP contribution in [0.5, 0.6) is 0 Å². The Balaban J connectivity index is 1.75. The number of aromatic nitrogens is 1. The van der Waals surface area contributed by atoms with Crippen molar-refractivity contribution in [3.63, 3.8) is 0 Å². The lowest BCUT2D eigenvalue weighted by atomic mass is 10.2. The molecule has 1 saturated heterocycles. The Morgan fingerprint density at radius 3 is 2.80 bits per heavy atom. The number of aromatic amines is 1. The van der Waals surface area contributed by atoms with Gasteiger partial charge in [-0.05, 0) is 12.1 Å². The molecular weight excluding hydrogens is 256 g/mol. The van der Waals surface area contributed by atoms with E-state index in [1.807, 2.05) is 24.3 Å². The molecule has 5 heteroatoms. The van der Waals surface area contributed by atoms with Crippen molar-refractivity contribution in [1.29, 1.82) is 0 Å². The van der Waals surface area contributed by atoms with Crippen LogP contribution in [0.15, 0.2) is 34.7 Å². The molecule has 4 rings (SSSR count). The highest BCUT2D eigenvalue weighted by molar-refractivity contribution is 6.06. The fourth-order valence-corrected chi connectivity index (χ4v) is 2.65. The summed E-state index contributed by atoms with van der Waals surface area (Å²) in [6.07, 6.45) is 0. The smallest absolute Gasteiger partial charge is 0.289 e. The van der Waals surface area contributed by atoms with Gasteiger partial charge in [-0.25, -0.2) is 0 Å². The molecule has 0 bridgehead atoms. The van der Waals surface area contributed by atoms with E-state index in [1.54, 1.807) is 11.0 Å². The lowest BCUT2D eigenvalue weighted by Gasteiger charge is -2.25. The molecule has 0 unspecified atom stereocenters. The molecule has 0 saturated carbocycles. The van der Waals surface area contributed by atoms with E-state index in [-0.39, 0.29) is 5.91 Å². The fourth-order valence-electron chi connectivity index (χ4n) is 2.65. The molecule has 5 nitrogen and oxygen atoms in total. The third-order valence-corrected chi connectivity index (χ3v) is 3.68. The van der Waals surface area contributed by atoms with Gasteiger partial charge in [-0.15, -0.1) is 0 Å². The number of nitrogens with one attached hydrogen (secondary N) is 1. The van der Waals surface area contributed by atoms with Crippen LogP contribution in [0.4, 0.5) is 0 Å². The second-order valence-electron chi connectivity index (χ2n) is 4.93. The molecule has 1 aliphatic rings. The summed E-state index contributed by atoms with van der Waals surface area (Å²) in [5, 5.41) is 1.00. The van der Waals surface area contributed by atoms with E-state index >= 15 is 0 Å². The molecule has 1 fully saturated rings. The van der Waals surface area contributed by atoms with Gasteiger partial charge in [0, 0.05) is 30.1 Å². The number of carbonyl (C=O) groups excluding carboxylic acids is 1. The molecule has 0 atom stereocenters. The first-order chi connectivity index (χ1) is 9.83. The third-order valence-electron chi connectivity index (χ3n) is 3.68. The highest BCUT2D eigenvalue weighted by Crippen LogP contribution is 2.28. The Labute approximate surface area is 115 Å². The van der Waals surface area contributed by atoms with Crippen molar-refractivity contribution in [2.24, 2.45) is 0 Å². The van der Waals surface area contributed by atoms with Gasteiger partial charge in [0.1, 0.15) is 0 Å². The van der Waals surface area contributed by atoms with Gasteiger partial charge in [0.05, 0.1) is 18.7 Å². The highest BCUT2D eigenvalue weighted by Gasteiger charge is 2.22.